The van der Waals surface area contributed by atoms with Gasteiger partial charge in [-0.15, -0.1) is 0 Å². The Kier molecular flexibility index (Phi) is 3.42. The number of hydrogen-bond acceptors (Lipinski definition) is 2. The molecule has 2 N–H and O–H groups in total. The summed E-state index contributed by atoms with van der Waals surface area (Å²) in [7, 11) is 0. The van der Waals surface area contributed by atoms with Gasteiger partial charge in [0.2, 0.25) is 0 Å². The number of halogens is 2. The normalized spacial score (nSPS) is 16.9. The highest BCUT2D eigenvalue weighted by atomic mass is 19.3. The molecule has 0 saturated carbocycles. The fraction of sp³-hybridized carbons (Fsp3) is 0.833. The summed E-state index contributed by atoms with van der Waals surface area (Å²) in [5, 5.41) is 0. The van der Waals surface area contributed by atoms with Crippen LogP contribution < -0.4 is 5.73 Å². The van der Waals surface area contributed by atoms with Gasteiger partial charge in [-0.1, -0.05) is 13.3 Å². The van der Waals surface area contributed by atoms with Crippen LogP contribution in [0.4, 0.5) is 8.78 Å². The van der Waals surface area contributed by atoms with Crippen molar-refractivity contribution in [1.29, 1.82) is 0 Å². The highest BCUT2D eigenvalue weighted by Crippen LogP contribution is 2.15. The summed E-state index contributed by atoms with van der Waals surface area (Å²) in [5.74, 6) is 0. The Balaban J connectivity index is 4.08. The summed E-state index contributed by atoms with van der Waals surface area (Å²) in [6, 6.07) is 0. The van der Waals surface area contributed by atoms with Gasteiger partial charge in [-0.05, 0) is 6.42 Å². The standard InChI is InChI=1S/C6H11F2NO/c1-2-3-6(9,4-10)5(7)8/h4-5H,2-3,9H2,1H3. The molecule has 0 aliphatic rings. The number of rotatable bonds is 4. The van der Waals surface area contributed by atoms with Crippen LogP contribution in [-0.4, -0.2) is 18.3 Å². The third kappa shape index (κ3) is 2.02. The zero-order valence-corrected chi connectivity index (χ0v) is 5.81. The highest BCUT2D eigenvalue weighted by molar-refractivity contribution is 5.64. The van der Waals surface area contributed by atoms with Gasteiger partial charge in [-0.2, -0.15) is 0 Å². The number of alkyl halides is 2. The predicted octanol–water partition coefficient (Wildman–Crippen LogP) is 0.948. The van der Waals surface area contributed by atoms with Crippen LogP contribution in [0.1, 0.15) is 19.8 Å². The first-order valence-electron chi connectivity index (χ1n) is 3.10. The van der Waals surface area contributed by atoms with Crippen molar-refractivity contribution >= 4 is 6.29 Å². The van der Waals surface area contributed by atoms with Crippen molar-refractivity contribution in [2.45, 2.75) is 31.7 Å². The lowest BCUT2D eigenvalue weighted by molar-refractivity contribution is -0.117. The minimum atomic E-state index is -2.76. The molecule has 0 aromatic heterocycles. The van der Waals surface area contributed by atoms with Gasteiger partial charge in [0.05, 0.1) is 0 Å². The molecule has 0 aliphatic carbocycles. The zero-order valence-electron chi connectivity index (χ0n) is 5.81. The topological polar surface area (TPSA) is 43.1 Å². The predicted molar refractivity (Wildman–Crippen MR) is 33.9 cm³/mol. The molecule has 1 atom stereocenters. The summed E-state index contributed by atoms with van der Waals surface area (Å²) in [6.07, 6.45) is -2.11. The quantitative estimate of drug-likeness (QED) is 0.608. The average Bonchev–Trinajstić information content (AvgIpc) is 1.88. The molecule has 0 amide bonds. The third-order valence-electron chi connectivity index (χ3n) is 1.31. The van der Waals surface area contributed by atoms with Gasteiger partial charge in [-0.3, -0.25) is 0 Å². The Morgan fingerprint density at radius 3 is 2.30 bits per heavy atom. The van der Waals surface area contributed by atoms with Crippen LogP contribution in [0.5, 0.6) is 0 Å². The lowest BCUT2D eigenvalue weighted by atomic mass is 9.98. The van der Waals surface area contributed by atoms with Gasteiger partial charge in [0.25, 0.3) is 6.43 Å². The van der Waals surface area contributed by atoms with Crippen LogP contribution in [0, 0.1) is 0 Å². The van der Waals surface area contributed by atoms with E-state index in [4.69, 9.17) is 5.73 Å². The summed E-state index contributed by atoms with van der Waals surface area (Å²) < 4.78 is 23.8. The van der Waals surface area contributed by atoms with E-state index in [1.54, 1.807) is 6.92 Å². The second-order valence-electron chi connectivity index (χ2n) is 2.28. The smallest absolute Gasteiger partial charge is 0.263 e. The van der Waals surface area contributed by atoms with Crippen molar-refractivity contribution in [3.8, 4) is 0 Å². The number of aldehydes is 1. The van der Waals surface area contributed by atoms with E-state index in [-0.39, 0.29) is 12.7 Å². The van der Waals surface area contributed by atoms with E-state index < -0.39 is 12.0 Å². The molecule has 0 heterocycles. The van der Waals surface area contributed by atoms with Crippen molar-refractivity contribution < 1.29 is 13.6 Å². The van der Waals surface area contributed by atoms with E-state index in [1.807, 2.05) is 0 Å². The van der Waals surface area contributed by atoms with Crippen LogP contribution in [-0.2, 0) is 4.79 Å². The molecule has 0 radical (unpaired) electrons. The van der Waals surface area contributed by atoms with Crippen molar-refractivity contribution in [3.05, 3.63) is 0 Å². The summed E-state index contributed by atoms with van der Waals surface area (Å²) in [4.78, 5) is 10.1. The fourth-order valence-electron chi connectivity index (χ4n) is 0.652. The van der Waals surface area contributed by atoms with E-state index in [0.717, 1.165) is 0 Å². The monoisotopic (exact) mass is 151 g/mol. The Hall–Kier alpha value is -0.510. The van der Waals surface area contributed by atoms with Crippen LogP contribution in [0.3, 0.4) is 0 Å². The van der Waals surface area contributed by atoms with E-state index >= 15 is 0 Å². The summed E-state index contributed by atoms with van der Waals surface area (Å²) in [6.45, 7) is 1.70. The molecule has 0 rings (SSSR count). The van der Waals surface area contributed by atoms with E-state index in [9.17, 15) is 13.6 Å². The largest absolute Gasteiger partial charge is 0.314 e. The van der Waals surface area contributed by atoms with Crippen LogP contribution >= 0.6 is 0 Å². The maximum absolute atomic E-state index is 11.9. The molecule has 0 saturated heterocycles. The van der Waals surface area contributed by atoms with Gasteiger partial charge < -0.3 is 10.5 Å². The van der Waals surface area contributed by atoms with Crippen molar-refractivity contribution in [2.24, 2.45) is 5.73 Å². The molecule has 0 bridgehead atoms. The number of hydrogen-bond donors (Lipinski definition) is 1. The third-order valence-corrected chi connectivity index (χ3v) is 1.31. The first kappa shape index (κ1) is 9.49. The molecule has 0 spiro atoms. The molecule has 1 unspecified atom stereocenters. The SMILES string of the molecule is CCCC(N)(C=O)C(F)F. The lowest BCUT2D eigenvalue weighted by Gasteiger charge is -2.20. The molecule has 0 fully saturated rings. The maximum Gasteiger partial charge on any atom is 0.263 e. The molecule has 0 aliphatic heterocycles. The van der Waals surface area contributed by atoms with Crippen LogP contribution in [0.15, 0.2) is 0 Å². The molecule has 10 heavy (non-hydrogen) atoms. The Morgan fingerprint density at radius 1 is 1.70 bits per heavy atom. The summed E-state index contributed by atoms with van der Waals surface area (Å²) >= 11 is 0. The molecular formula is C6H11F2NO. The molecule has 60 valence electrons. The lowest BCUT2D eigenvalue weighted by Crippen LogP contribution is -2.48. The number of carbonyl (C=O) groups excluding carboxylic acids is 1. The van der Waals surface area contributed by atoms with E-state index in [0.29, 0.717) is 6.42 Å². The first-order valence-corrected chi connectivity index (χ1v) is 3.10. The number of carbonyl (C=O) groups is 1. The van der Waals surface area contributed by atoms with E-state index in [2.05, 4.69) is 0 Å². The Labute approximate surface area is 58.4 Å². The van der Waals surface area contributed by atoms with Gasteiger partial charge in [0.1, 0.15) is 11.8 Å². The minimum absolute atomic E-state index is 0.0359. The zero-order chi connectivity index (χ0) is 8.20. The fourth-order valence-corrected chi connectivity index (χ4v) is 0.652. The van der Waals surface area contributed by atoms with Crippen molar-refractivity contribution in [3.63, 3.8) is 0 Å². The minimum Gasteiger partial charge on any atom is -0.314 e. The van der Waals surface area contributed by atoms with Crippen LogP contribution in [0.2, 0.25) is 0 Å². The Morgan fingerprint density at radius 2 is 2.20 bits per heavy atom. The van der Waals surface area contributed by atoms with Gasteiger partial charge in [0, 0.05) is 0 Å². The number of nitrogens with two attached hydrogens (primary N) is 1. The average molecular weight is 151 g/mol. The molecular weight excluding hydrogens is 140 g/mol. The first-order chi connectivity index (χ1) is 4.56. The Bertz CT molecular complexity index is 118. The highest BCUT2D eigenvalue weighted by Gasteiger charge is 2.34. The molecule has 0 aromatic carbocycles. The molecule has 2 nitrogen and oxygen atoms in total. The second-order valence-corrected chi connectivity index (χ2v) is 2.28. The van der Waals surface area contributed by atoms with Gasteiger partial charge in [0.15, 0.2) is 0 Å². The molecule has 0 aromatic rings. The van der Waals surface area contributed by atoms with Gasteiger partial charge >= 0.3 is 0 Å². The van der Waals surface area contributed by atoms with Crippen molar-refractivity contribution in [2.75, 3.05) is 0 Å². The van der Waals surface area contributed by atoms with Crippen molar-refractivity contribution in [1.82, 2.24) is 0 Å². The van der Waals surface area contributed by atoms with Gasteiger partial charge in [-0.25, -0.2) is 8.78 Å². The summed E-state index contributed by atoms with van der Waals surface area (Å²) in [5.41, 5.74) is 3.11. The van der Waals surface area contributed by atoms with E-state index in [1.165, 1.54) is 0 Å². The van der Waals surface area contributed by atoms with Crippen LogP contribution in [0.25, 0.3) is 0 Å². The maximum atomic E-state index is 11.9. The molecule has 4 heteroatoms. The second kappa shape index (κ2) is 3.61.